The third kappa shape index (κ3) is 3.05. The molecule has 20 heavy (non-hydrogen) atoms. The van der Waals surface area contributed by atoms with Crippen molar-refractivity contribution in [3.05, 3.63) is 12.0 Å². The molecule has 1 fully saturated rings. The molecular weight excluding hydrogens is 278 g/mol. The van der Waals surface area contributed by atoms with Crippen molar-refractivity contribution in [1.29, 1.82) is 0 Å². The van der Waals surface area contributed by atoms with Gasteiger partial charge in [0, 0.05) is 25.8 Å². The van der Waals surface area contributed by atoms with Crippen molar-refractivity contribution in [2.45, 2.75) is 57.2 Å². The van der Waals surface area contributed by atoms with E-state index in [1.165, 1.54) is 4.31 Å². The van der Waals surface area contributed by atoms with Crippen LogP contribution in [-0.4, -0.2) is 46.1 Å². The number of aryl methyl sites for hydroxylation is 2. The Morgan fingerprint density at radius 2 is 2.00 bits per heavy atom. The van der Waals surface area contributed by atoms with E-state index in [1.54, 1.807) is 13.1 Å². The number of hydrogen-bond donors (Lipinski definition) is 1. The molecule has 0 spiro atoms. The Hall–Kier alpha value is -0.920. The molecule has 0 aromatic carbocycles. The Kier molecular flexibility index (Phi) is 4.22. The van der Waals surface area contributed by atoms with Crippen molar-refractivity contribution in [2.24, 2.45) is 0 Å². The third-order valence-electron chi connectivity index (χ3n) is 3.82. The maximum Gasteiger partial charge on any atom is 0.262 e. The fourth-order valence-electron chi connectivity index (χ4n) is 2.41. The van der Waals surface area contributed by atoms with E-state index < -0.39 is 15.6 Å². The van der Waals surface area contributed by atoms with Crippen LogP contribution in [0.15, 0.2) is 11.2 Å². The summed E-state index contributed by atoms with van der Waals surface area (Å²) in [6, 6.07) is 0. The highest BCUT2D eigenvalue weighted by Gasteiger charge is 2.35. The van der Waals surface area contributed by atoms with E-state index in [2.05, 4.69) is 4.98 Å². The van der Waals surface area contributed by atoms with Gasteiger partial charge in [-0.25, -0.2) is 13.4 Å². The summed E-state index contributed by atoms with van der Waals surface area (Å²) in [4.78, 5) is 4.18. The van der Waals surface area contributed by atoms with Gasteiger partial charge >= 0.3 is 0 Å². The quantitative estimate of drug-likeness (QED) is 0.905. The van der Waals surface area contributed by atoms with Gasteiger partial charge in [0.25, 0.3) is 10.0 Å². The Morgan fingerprint density at radius 3 is 2.55 bits per heavy atom. The number of rotatable bonds is 4. The molecule has 2 heterocycles. The minimum Gasteiger partial charge on any atom is -0.390 e. The molecular formula is C13H23N3O3S. The Balaban J connectivity index is 2.21. The maximum absolute atomic E-state index is 12.5. The molecule has 6 nitrogen and oxygen atoms in total. The minimum absolute atomic E-state index is 0.116. The fraction of sp³-hybridized carbons (Fsp3) is 0.769. The van der Waals surface area contributed by atoms with E-state index in [9.17, 15) is 13.5 Å². The Labute approximate surface area is 120 Å². The number of hydrogen-bond acceptors (Lipinski definition) is 4. The summed E-state index contributed by atoms with van der Waals surface area (Å²) < 4.78 is 28.4. The first-order valence-electron chi connectivity index (χ1n) is 7.02. The molecule has 1 N–H and O–H groups in total. The predicted molar refractivity (Wildman–Crippen MR) is 75.9 cm³/mol. The summed E-state index contributed by atoms with van der Waals surface area (Å²) in [5.74, 6) is 0.717. The molecule has 1 aliphatic rings. The molecule has 7 heteroatoms. The number of aliphatic hydroxyl groups is 1. The predicted octanol–water partition coefficient (Wildman–Crippen LogP) is 1.14. The zero-order valence-electron chi connectivity index (χ0n) is 12.3. The average molecular weight is 301 g/mol. The molecule has 114 valence electrons. The van der Waals surface area contributed by atoms with Gasteiger partial charge < -0.3 is 9.67 Å². The second kappa shape index (κ2) is 5.46. The summed E-state index contributed by atoms with van der Waals surface area (Å²) in [5, 5.41) is 10.0. The second-order valence-electron chi connectivity index (χ2n) is 5.72. The number of sulfonamides is 1. The molecule has 0 bridgehead atoms. The highest BCUT2D eigenvalue weighted by Crippen LogP contribution is 2.25. The van der Waals surface area contributed by atoms with Gasteiger partial charge in [-0.1, -0.05) is 6.92 Å². The highest BCUT2D eigenvalue weighted by molar-refractivity contribution is 7.89. The molecule has 0 radical (unpaired) electrons. The van der Waals surface area contributed by atoms with Crippen LogP contribution < -0.4 is 0 Å². The standard InChI is InChI=1S/C13H23N3O3S/c1-4-7-15-10-12(14-11(15)2)20(18,19)16-8-5-13(3,17)6-9-16/h10,17H,4-9H2,1-3H3. The second-order valence-corrected chi connectivity index (χ2v) is 7.61. The summed E-state index contributed by atoms with van der Waals surface area (Å²) in [7, 11) is -3.54. The van der Waals surface area contributed by atoms with Crippen LogP contribution in [-0.2, 0) is 16.6 Å². The molecule has 0 amide bonds. The lowest BCUT2D eigenvalue weighted by atomic mass is 9.95. The van der Waals surface area contributed by atoms with Crippen molar-refractivity contribution in [3.63, 3.8) is 0 Å². The summed E-state index contributed by atoms with van der Waals surface area (Å²) in [5.41, 5.74) is -0.760. The molecule has 2 rings (SSSR count). The number of piperidine rings is 1. The lowest BCUT2D eigenvalue weighted by molar-refractivity contribution is 0.0125. The van der Waals surface area contributed by atoms with Gasteiger partial charge in [0.2, 0.25) is 0 Å². The largest absolute Gasteiger partial charge is 0.390 e. The summed E-state index contributed by atoms with van der Waals surface area (Å²) >= 11 is 0. The minimum atomic E-state index is -3.54. The number of nitrogens with zero attached hydrogens (tertiary/aromatic N) is 3. The maximum atomic E-state index is 12.5. The van der Waals surface area contributed by atoms with E-state index in [-0.39, 0.29) is 5.03 Å². The Morgan fingerprint density at radius 1 is 1.40 bits per heavy atom. The van der Waals surface area contributed by atoms with Gasteiger partial charge in [0.1, 0.15) is 5.82 Å². The first-order chi connectivity index (χ1) is 9.26. The van der Waals surface area contributed by atoms with Crippen LogP contribution in [0.4, 0.5) is 0 Å². The van der Waals surface area contributed by atoms with Crippen LogP contribution in [0.25, 0.3) is 0 Å². The van der Waals surface area contributed by atoms with Crippen LogP contribution >= 0.6 is 0 Å². The van der Waals surface area contributed by atoms with E-state index >= 15 is 0 Å². The number of imidazole rings is 1. The van der Waals surface area contributed by atoms with E-state index in [1.807, 2.05) is 18.4 Å². The van der Waals surface area contributed by atoms with Crippen molar-refractivity contribution < 1.29 is 13.5 Å². The van der Waals surface area contributed by atoms with Crippen LogP contribution in [0.5, 0.6) is 0 Å². The zero-order chi connectivity index (χ0) is 15.0. The molecule has 1 aliphatic heterocycles. The summed E-state index contributed by atoms with van der Waals surface area (Å²) in [6.45, 7) is 7.06. The number of aromatic nitrogens is 2. The molecule has 0 atom stereocenters. The highest BCUT2D eigenvalue weighted by atomic mass is 32.2. The fourth-order valence-corrected chi connectivity index (χ4v) is 3.85. The topological polar surface area (TPSA) is 75.4 Å². The Bertz CT molecular complexity index is 568. The smallest absolute Gasteiger partial charge is 0.262 e. The monoisotopic (exact) mass is 301 g/mol. The van der Waals surface area contributed by atoms with Crippen LogP contribution in [0.3, 0.4) is 0 Å². The zero-order valence-corrected chi connectivity index (χ0v) is 13.2. The van der Waals surface area contributed by atoms with E-state index in [0.717, 1.165) is 18.8 Å². The van der Waals surface area contributed by atoms with Gasteiger partial charge in [0.05, 0.1) is 5.60 Å². The van der Waals surface area contributed by atoms with Crippen molar-refractivity contribution in [3.8, 4) is 0 Å². The normalized spacial score (nSPS) is 20.2. The van der Waals surface area contributed by atoms with Gasteiger partial charge in [-0.2, -0.15) is 4.31 Å². The van der Waals surface area contributed by atoms with Crippen molar-refractivity contribution in [1.82, 2.24) is 13.9 Å². The van der Waals surface area contributed by atoms with E-state index in [0.29, 0.717) is 25.9 Å². The van der Waals surface area contributed by atoms with Gasteiger partial charge in [-0.05, 0) is 33.1 Å². The van der Waals surface area contributed by atoms with Gasteiger partial charge in [0.15, 0.2) is 5.03 Å². The van der Waals surface area contributed by atoms with Gasteiger partial charge in [-0.3, -0.25) is 0 Å². The molecule has 1 aromatic heterocycles. The first-order valence-corrected chi connectivity index (χ1v) is 8.46. The van der Waals surface area contributed by atoms with E-state index in [4.69, 9.17) is 0 Å². The molecule has 0 aliphatic carbocycles. The molecule has 1 saturated heterocycles. The molecule has 1 aromatic rings. The van der Waals surface area contributed by atoms with Crippen molar-refractivity contribution >= 4 is 10.0 Å². The van der Waals surface area contributed by atoms with Crippen LogP contribution in [0.2, 0.25) is 0 Å². The lowest BCUT2D eigenvalue weighted by Crippen LogP contribution is -2.45. The summed E-state index contributed by atoms with van der Waals surface area (Å²) in [6.07, 6.45) is 3.46. The van der Waals surface area contributed by atoms with Crippen LogP contribution in [0, 0.1) is 6.92 Å². The van der Waals surface area contributed by atoms with Gasteiger partial charge in [-0.15, -0.1) is 0 Å². The lowest BCUT2D eigenvalue weighted by Gasteiger charge is -2.34. The third-order valence-corrected chi connectivity index (χ3v) is 5.59. The molecule has 0 unspecified atom stereocenters. The average Bonchev–Trinajstić information content (AvgIpc) is 2.72. The first kappa shape index (κ1) is 15.5. The molecule has 0 saturated carbocycles. The van der Waals surface area contributed by atoms with Crippen molar-refractivity contribution in [2.75, 3.05) is 13.1 Å². The SMILES string of the molecule is CCCn1cc(S(=O)(=O)N2CCC(C)(O)CC2)nc1C. The van der Waals surface area contributed by atoms with Crippen LogP contribution in [0.1, 0.15) is 38.9 Å².